The quantitative estimate of drug-likeness (QED) is 0.297. The van der Waals surface area contributed by atoms with Crippen molar-refractivity contribution in [2.75, 3.05) is 0 Å². The Bertz CT molecular complexity index is 1340. The van der Waals surface area contributed by atoms with Crippen molar-refractivity contribution < 1.29 is 20.1 Å². The summed E-state index contributed by atoms with van der Waals surface area (Å²) < 4.78 is 1.73. The highest BCUT2D eigenvalue weighted by Crippen LogP contribution is 2.33. The van der Waals surface area contributed by atoms with Gasteiger partial charge in [0.15, 0.2) is 0 Å². The number of hydrogen-bond acceptors (Lipinski definition) is 5. The number of amides is 1. The fraction of sp³-hybridized carbons (Fsp3) is 0.0833. The van der Waals surface area contributed by atoms with Crippen molar-refractivity contribution in [2.24, 2.45) is 5.10 Å². The topological polar surface area (TPSA) is 107 Å². The standard InChI is InChI=1S/C24H21N3O4/c1-14-7-8-16(11-15(14)2)27-21-6-4-3-5-18(21)20(24(27)31)13-25-26-23(30)19-10-9-17(28)12-22(19)29/h3-13,28-29,31H,1-2H3,(H,26,30). The number of carbonyl (C=O) groups excluding carboxylic acids is 1. The van der Waals surface area contributed by atoms with Crippen LogP contribution in [0.3, 0.4) is 0 Å². The molecule has 0 fully saturated rings. The summed E-state index contributed by atoms with van der Waals surface area (Å²) in [4.78, 5) is 12.3. The molecule has 0 unspecified atom stereocenters. The summed E-state index contributed by atoms with van der Waals surface area (Å²) in [6.45, 7) is 4.04. The minimum Gasteiger partial charge on any atom is -0.508 e. The average molecular weight is 415 g/mol. The number of hydrogen-bond donors (Lipinski definition) is 4. The minimum absolute atomic E-state index is 0.00469. The zero-order chi connectivity index (χ0) is 22.1. The molecule has 1 amide bonds. The molecule has 7 heteroatoms. The van der Waals surface area contributed by atoms with Gasteiger partial charge in [0.05, 0.1) is 22.9 Å². The van der Waals surface area contributed by atoms with Crippen LogP contribution in [0.2, 0.25) is 0 Å². The molecule has 7 nitrogen and oxygen atoms in total. The molecule has 0 aliphatic carbocycles. The van der Waals surface area contributed by atoms with E-state index in [9.17, 15) is 20.1 Å². The molecule has 0 aliphatic rings. The Hall–Kier alpha value is -4.26. The van der Waals surface area contributed by atoms with E-state index in [-0.39, 0.29) is 22.9 Å². The number of aromatic hydroxyl groups is 3. The molecule has 0 aliphatic heterocycles. The van der Waals surface area contributed by atoms with Crippen LogP contribution < -0.4 is 5.43 Å². The van der Waals surface area contributed by atoms with Gasteiger partial charge in [-0.05, 0) is 55.3 Å². The lowest BCUT2D eigenvalue weighted by Gasteiger charge is -2.09. The van der Waals surface area contributed by atoms with Gasteiger partial charge in [0.2, 0.25) is 5.88 Å². The molecule has 0 saturated carbocycles. The normalized spacial score (nSPS) is 11.3. The molecule has 4 N–H and O–H groups in total. The van der Waals surface area contributed by atoms with Gasteiger partial charge in [-0.1, -0.05) is 24.3 Å². The summed E-state index contributed by atoms with van der Waals surface area (Å²) in [5.41, 5.74) is 6.62. The zero-order valence-electron chi connectivity index (χ0n) is 17.0. The highest BCUT2D eigenvalue weighted by Gasteiger charge is 2.17. The van der Waals surface area contributed by atoms with Crippen molar-refractivity contribution in [1.82, 2.24) is 9.99 Å². The first-order valence-electron chi connectivity index (χ1n) is 9.62. The van der Waals surface area contributed by atoms with E-state index in [0.717, 1.165) is 33.8 Å². The number of aromatic nitrogens is 1. The third kappa shape index (κ3) is 3.69. The number of carbonyl (C=O) groups is 1. The number of nitrogens with one attached hydrogen (secondary N) is 1. The first-order valence-corrected chi connectivity index (χ1v) is 9.62. The van der Waals surface area contributed by atoms with E-state index in [2.05, 4.69) is 10.5 Å². The van der Waals surface area contributed by atoms with Crippen molar-refractivity contribution in [2.45, 2.75) is 13.8 Å². The maximum Gasteiger partial charge on any atom is 0.275 e. The molecule has 0 atom stereocenters. The van der Waals surface area contributed by atoms with Gasteiger partial charge >= 0.3 is 0 Å². The third-order valence-corrected chi connectivity index (χ3v) is 5.22. The van der Waals surface area contributed by atoms with Gasteiger partial charge < -0.3 is 15.3 Å². The maximum absolute atomic E-state index is 12.3. The highest BCUT2D eigenvalue weighted by atomic mass is 16.3. The second-order valence-corrected chi connectivity index (χ2v) is 7.26. The molecule has 0 saturated heterocycles. The Morgan fingerprint density at radius 1 is 0.968 bits per heavy atom. The smallest absolute Gasteiger partial charge is 0.275 e. The van der Waals surface area contributed by atoms with Crippen molar-refractivity contribution >= 4 is 23.0 Å². The second kappa shape index (κ2) is 7.87. The Labute approximate surface area is 178 Å². The number of rotatable bonds is 4. The molecule has 1 aromatic heterocycles. The molecule has 0 spiro atoms. The number of benzene rings is 3. The Balaban J connectivity index is 1.70. The van der Waals surface area contributed by atoms with Gasteiger partial charge in [-0.2, -0.15) is 5.10 Å². The summed E-state index contributed by atoms with van der Waals surface area (Å²) in [7, 11) is 0. The van der Waals surface area contributed by atoms with E-state index in [4.69, 9.17) is 0 Å². The SMILES string of the molecule is Cc1ccc(-n2c(O)c(C=NNC(=O)c3ccc(O)cc3O)c3ccccc32)cc1C. The van der Waals surface area contributed by atoms with Crippen molar-refractivity contribution in [3.63, 3.8) is 0 Å². The van der Waals surface area contributed by atoms with Crippen LogP contribution in [-0.4, -0.2) is 32.0 Å². The Morgan fingerprint density at radius 3 is 2.48 bits per heavy atom. The van der Waals surface area contributed by atoms with Gasteiger partial charge in [-0.25, -0.2) is 5.43 Å². The van der Waals surface area contributed by atoms with Crippen LogP contribution in [0.5, 0.6) is 17.4 Å². The molecule has 3 aromatic carbocycles. The highest BCUT2D eigenvalue weighted by molar-refractivity contribution is 6.04. The van der Waals surface area contributed by atoms with Crippen LogP contribution in [0, 0.1) is 13.8 Å². The van der Waals surface area contributed by atoms with Gasteiger partial charge in [-0.3, -0.25) is 9.36 Å². The van der Waals surface area contributed by atoms with Crippen LogP contribution in [-0.2, 0) is 0 Å². The van der Waals surface area contributed by atoms with Crippen molar-refractivity contribution in [3.8, 4) is 23.1 Å². The summed E-state index contributed by atoms with van der Waals surface area (Å²) >= 11 is 0. The molecule has 4 rings (SSSR count). The summed E-state index contributed by atoms with van der Waals surface area (Å²) in [5, 5.41) is 34.9. The molecule has 156 valence electrons. The van der Waals surface area contributed by atoms with Crippen LogP contribution in [0.15, 0.2) is 65.8 Å². The molecule has 4 aromatic rings. The third-order valence-electron chi connectivity index (χ3n) is 5.22. The van der Waals surface area contributed by atoms with E-state index < -0.39 is 5.91 Å². The number of fused-ring (bicyclic) bond motifs is 1. The first kappa shape index (κ1) is 20.0. The van der Waals surface area contributed by atoms with Crippen LogP contribution in [0.25, 0.3) is 16.6 Å². The minimum atomic E-state index is -0.647. The average Bonchev–Trinajstić information content (AvgIpc) is 3.01. The largest absolute Gasteiger partial charge is 0.508 e. The second-order valence-electron chi connectivity index (χ2n) is 7.26. The van der Waals surface area contributed by atoms with Gasteiger partial charge in [0.1, 0.15) is 11.5 Å². The predicted octanol–water partition coefficient (Wildman–Crippen LogP) is 4.13. The zero-order valence-corrected chi connectivity index (χ0v) is 17.0. The van der Waals surface area contributed by atoms with Crippen LogP contribution in [0.1, 0.15) is 27.0 Å². The number of phenolic OH excluding ortho intramolecular Hbond substituents is 2. The van der Waals surface area contributed by atoms with E-state index in [1.165, 1.54) is 18.3 Å². The lowest BCUT2D eigenvalue weighted by molar-refractivity contribution is 0.0952. The fourth-order valence-electron chi connectivity index (χ4n) is 3.43. The first-order chi connectivity index (χ1) is 14.9. The number of para-hydroxylation sites is 1. The Kier molecular flexibility index (Phi) is 5.09. The van der Waals surface area contributed by atoms with Crippen LogP contribution in [0.4, 0.5) is 0 Å². The summed E-state index contributed by atoms with van der Waals surface area (Å²) in [6.07, 6.45) is 1.37. The van der Waals surface area contributed by atoms with Crippen molar-refractivity contribution in [3.05, 3.63) is 82.9 Å². The molecule has 31 heavy (non-hydrogen) atoms. The van der Waals surface area contributed by atoms with Gasteiger partial charge in [-0.15, -0.1) is 0 Å². The van der Waals surface area contributed by atoms with Crippen molar-refractivity contribution in [1.29, 1.82) is 0 Å². The number of nitrogens with zero attached hydrogens (tertiary/aromatic N) is 2. The van der Waals surface area contributed by atoms with Gasteiger partial charge in [0, 0.05) is 17.1 Å². The van der Waals surface area contributed by atoms with E-state index in [0.29, 0.717) is 5.56 Å². The number of hydrazone groups is 1. The molecular weight excluding hydrogens is 394 g/mol. The van der Waals surface area contributed by atoms with Gasteiger partial charge in [0.25, 0.3) is 5.91 Å². The maximum atomic E-state index is 12.3. The summed E-state index contributed by atoms with van der Waals surface area (Å²) in [5.74, 6) is -1.16. The Morgan fingerprint density at radius 2 is 1.74 bits per heavy atom. The molecule has 1 heterocycles. The number of phenols is 2. The monoisotopic (exact) mass is 415 g/mol. The van der Waals surface area contributed by atoms with E-state index in [1.54, 1.807) is 4.57 Å². The lowest BCUT2D eigenvalue weighted by atomic mass is 10.1. The molecular formula is C24H21N3O4. The molecule has 0 bridgehead atoms. The fourth-order valence-corrected chi connectivity index (χ4v) is 3.43. The number of aryl methyl sites for hydroxylation is 2. The predicted molar refractivity (Wildman–Crippen MR) is 119 cm³/mol. The summed E-state index contributed by atoms with van der Waals surface area (Å²) in [6, 6.07) is 17.1. The van der Waals surface area contributed by atoms with Crippen LogP contribution >= 0.6 is 0 Å². The lowest BCUT2D eigenvalue weighted by Crippen LogP contribution is -2.17. The van der Waals surface area contributed by atoms with E-state index in [1.807, 2.05) is 56.3 Å². The van der Waals surface area contributed by atoms with E-state index >= 15 is 0 Å². The molecule has 0 radical (unpaired) electrons.